The molecule has 2 aliphatic rings. The number of hydrogen-bond acceptors (Lipinski definition) is 3. The van der Waals surface area contributed by atoms with Crippen molar-refractivity contribution in [2.75, 3.05) is 14.2 Å². The van der Waals surface area contributed by atoms with Crippen LogP contribution >= 0.6 is 0 Å². The van der Waals surface area contributed by atoms with Gasteiger partial charge in [0.25, 0.3) is 0 Å². The average Bonchev–Trinajstić information content (AvgIpc) is 2.98. The lowest BCUT2D eigenvalue weighted by Crippen LogP contribution is -2.31. The molecule has 0 amide bonds. The van der Waals surface area contributed by atoms with E-state index in [0.29, 0.717) is 5.92 Å². The van der Waals surface area contributed by atoms with E-state index in [0.717, 1.165) is 27.8 Å². The highest BCUT2D eigenvalue weighted by Gasteiger charge is 2.59. The van der Waals surface area contributed by atoms with Crippen LogP contribution < -0.4 is 9.47 Å². The fraction of sp³-hybridized carbons (Fsp3) is 0.435. The zero-order chi connectivity index (χ0) is 18.3. The van der Waals surface area contributed by atoms with Gasteiger partial charge in [0.2, 0.25) is 0 Å². The fourth-order valence-corrected chi connectivity index (χ4v) is 5.70. The Morgan fingerprint density at radius 3 is 2.46 bits per heavy atom. The number of pyridine rings is 1. The summed E-state index contributed by atoms with van der Waals surface area (Å²) >= 11 is 0. The van der Waals surface area contributed by atoms with E-state index in [-0.39, 0.29) is 10.8 Å². The highest BCUT2D eigenvalue weighted by atomic mass is 16.5. The third kappa shape index (κ3) is 1.67. The number of aromatic nitrogens is 1. The normalized spacial score (nSPS) is 25.7. The minimum atomic E-state index is 0.221. The van der Waals surface area contributed by atoms with Crippen LogP contribution in [0, 0.1) is 5.41 Å². The lowest BCUT2D eigenvalue weighted by Gasteiger charge is -2.35. The number of fused-ring (bicyclic) bond motifs is 9. The van der Waals surface area contributed by atoms with Crippen LogP contribution in [-0.4, -0.2) is 19.2 Å². The molecular formula is C23H25NO2. The van der Waals surface area contributed by atoms with Crippen LogP contribution in [0.2, 0.25) is 0 Å². The van der Waals surface area contributed by atoms with E-state index in [4.69, 9.17) is 14.5 Å². The highest BCUT2D eigenvalue weighted by Crippen LogP contribution is 2.68. The molecule has 3 nitrogen and oxygen atoms in total. The van der Waals surface area contributed by atoms with E-state index < -0.39 is 0 Å². The zero-order valence-electron chi connectivity index (χ0n) is 16.1. The molecule has 0 radical (unpaired) electrons. The van der Waals surface area contributed by atoms with Gasteiger partial charge in [-0.1, -0.05) is 32.9 Å². The molecule has 3 aromatic rings. The second-order valence-corrected chi connectivity index (χ2v) is 8.62. The minimum Gasteiger partial charge on any atom is -0.493 e. The monoisotopic (exact) mass is 347 g/mol. The Bertz CT molecular complexity index is 1070. The first kappa shape index (κ1) is 15.9. The van der Waals surface area contributed by atoms with Gasteiger partial charge in [0.05, 0.1) is 19.7 Å². The Morgan fingerprint density at radius 2 is 1.73 bits per heavy atom. The van der Waals surface area contributed by atoms with E-state index >= 15 is 0 Å². The lowest BCUT2D eigenvalue weighted by molar-refractivity contribution is 0.232. The summed E-state index contributed by atoms with van der Waals surface area (Å²) < 4.78 is 11.0. The Kier molecular flexibility index (Phi) is 3.00. The molecule has 0 aliphatic heterocycles. The van der Waals surface area contributed by atoms with Crippen molar-refractivity contribution < 1.29 is 9.47 Å². The minimum absolute atomic E-state index is 0.221. The molecule has 134 valence electrons. The maximum absolute atomic E-state index is 5.54. The van der Waals surface area contributed by atoms with Gasteiger partial charge in [0, 0.05) is 17.0 Å². The smallest absolute Gasteiger partial charge is 0.161 e. The van der Waals surface area contributed by atoms with Gasteiger partial charge < -0.3 is 9.47 Å². The van der Waals surface area contributed by atoms with Crippen molar-refractivity contribution in [3.8, 4) is 11.5 Å². The Balaban J connectivity index is 1.87. The molecule has 2 bridgehead atoms. The van der Waals surface area contributed by atoms with Gasteiger partial charge >= 0.3 is 0 Å². The predicted octanol–water partition coefficient (Wildman–Crippen LogP) is 5.58. The number of methoxy groups -OCH3 is 2. The molecule has 1 saturated carbocycles. The maximum atomic E-state index is 5.54. The van der Waals surface area contributed by atoms with Gasteiger partial charge in [-0.3, -0.25) is 4.98 Å². The molecule has 2 aromatic carbocycles. The summed E-state index contributed by atoms with van der Waals surface area (Å²) in [5.74, 6) is 2.14. The molecular weight excluding hydrogens is 322 g/mol. The van der Waals surface area contributed by atoms with Gasteiger partial charge in [-0.05, 0) is 58.2 Å². The predicted molar refractivity (Wildman–Crippen MR) is 105 cm³/mol. The second kappa shape index (κ2) is 4.91. The van der Waals surface area contributed by atoms with Crippen molar-refractivity contribution in [2.45, 2.75) is 44.9 Å². The highest BCUT2D eigenvalue weighted by molar-refractivity contribution is 6.08. The van der Waals surface area contributed by atoms with Crippen LogP contribution in [0.5, 0.6) is 11.5 Å². The van der Waals surface area contributed by atoms with E-state index in [1.54, 1.807) is 14.2 Å². The van der Waals surface area contributed by atoms with Crippen LogP contribution in [0.3, 0.4) is 0 Å². The second-order valence-electron chi connectivity index (χ2n) is 8.62. The van der Waals surface area contributed by atoms with Crippen LogP contribution in [0.25, 0.3) is 21.7 Å². The number of benzene rings is 2. The summed E-state index contributed by atoms with van der Waals surface area (Å²) in [7, 11) is 3.36. The average molecular weight is 347 g/mol. The maximum Gasteiger partial charge on any atom is 0.161 e. The molecule has 0 unspecified atom stereocenters. The van der Waals surface area contributed by atoms with Gasteiger partial charge in [-0.15, -0.1) is 0 Å². The van der Waals surface area contributed by atoms with Gasteiger partial charge in [-0.2, -0.15) is 0 Å². The first-order valence-electron chi connectivity index (χ1n) is 9.40. The molecule has 2 aliphatic carbocycles. The number of rotatable bonds is 2. The zero-order valence-corrected chi connectivity index (χ0v) is 16.1. The first-order valence-corrected chi connectivity index (χ1v) is 9.40. The molecule has 0 saturated heterocycles. The quantitative estimate of drug-likeness (QED) is 0.567. The number of ether oxygens (including phenoxy) is 2. The van der Waals surface area contributed by atoms with Crippen molar-refractivity contribution >= 4 is 21.7 Å². The summed E-state index contributed by atoms with van der Waals surface area (Å²) in [5.41, 5.74) is 4.58. The van der Waals surface area contributed by atoms with Crippen molar-refractivity contribution in [3.05, 3.63) is 41.6 Å². The lowest BCUT2D eigenvalue weighted by atomic mass is 9.68. The van der Waals surface area contributed by atoms with Gasteiger partial charge in [0.1, 0.15) is 0 Å². The first-order chi connectivity index (χ1) is 12.4. The Morgan fingerprint density at radius 1 is 1.00 bits per heavy atom. The summed E-state index contributed by atoms with van der Waals surface area (Å²) in [6, 6.07) is 8.57. The van der Waals surface area contributed by atoms with E-state index in [1.165, 1.54) is 29.4 Å². The van der Waals surface area contributed by atoms with Crippen molar-refractivity contribution in [3.63, 3.8) is 0 Å². The van der Waals surface area contributed by atoms with Crippen LogP contribution in [0.1, 0.15) is 50.7 Å². The van der Waals surface area contributed by atoms with Crippen molar-refractivity contribution in [1.82, 2.24) is 4.98 Å². The van der Waals surface area contributed by atoms with Crippen molar-refractivity contribution in [1.29, 1.82) is 0 Å². The largest absolute Gasteiger partial charge is 0.493 e. The summed E-state index contributed by atoms with van der Waals surface area (Å²) in [5, 5.41) is 3.57. The summed E-state index contributed by atoms with van der Waals surface area (Å²) in [6.45, 7) is 7.33. The Labute approximate surface area is 154 Å². The topological polar surface area (TPSA) is 31.4 Å². The number of nitrogens with zero attached hydrogens (tertiary/aromatic N) is 1. The number of hydrogen-bond donors (Lipinski definition) is 0. The molecule has 2 atom stereocenters. The van der Waals surface area contributed by atoms with E-state index in [2.05, 4.69) is 45.2 Å². The van der Waals surface area contributed by atoms with Crippen LogP contribution in [0.15, 0.2) is 30.5 Å². The van der Waals surface area contributed by atoms with E-state index in [9.17, 15) is 0 Å². The van der Waals surface area contributed by atoms with E-state index in [1.807, 2.05) is 6.07 Å². The molecule has 1 heterocycles. The van der Waals surface area contributed by atoms with Crippen LogP contribution in [-0.2, 0) is 5.41 Å². The van der Waals surface area contributed by atoms with Gasteiger partial charge in [0.15, 0.2) is 11.5 Å². The summed E-state index contributed by atoms with van der Waals surface area (Å²) in [6.07, 6.45) is 4.69. The summed E-state index contributed by atoms with van der Waals surface area (Å²) in [4.78, 5) is 4.93. The molecule has 3 heteroatoms. The third-order valence-corrected chi connectivity index (χ3v) is 7.54. The molecule has 0 spiro atoms. The standard InChI is InChI=1S/C23H25NO2/c1-22(2)17-8-9-23(22,3)20-14-7-6-13-10-18(25-4)19(26-5)11-15(13)21(14)24-12-16(17)20/h6-7,10-12,17H,8-9H2,1-5H3/t17-,23+/m1/s1. The van der Waals surface area contributed by atoms with Gasteiger partial charge in [-0.25, -0.2) is 0 Å². The molecule has 5 rings (SSSR count). The molecule has 1 aromatic heterocycles. The fourth-order valence-electron chi connectivity index (χ4n) is 5.70. The van der Waals surface area contributed by atoms with Crippen LogP contribution in [0.4, 0.5) is 0 Å². The molecule has 26 heavy (non-hydrogen) atoms. The molecule has 0 N–H and O–H groups in total. The molecule has 1 fully saturated rings. The SMILES string of the molecule is COc1cc2ccc3c4c(cnc3c2cc1OC)[C@H]1CC[C@]4(C)C1(C)C. The van der Waals surface area contributed by atoms with Crippen molar-refractivity contribution in [2.24, 2.45) is 5.41 Å². The third-order valence-electron chi connectivity index (χ3n) is 7.54. The Hall–Kier alpha value is -2.29.